The van der Waals surface area contributed by atoms with Crippen LogP contribution in [-0.4, -0.2) is 38.8 Å². The highest BCUT2D eigenvalue weighted by atomic mass is 32.2. The highest BCUT2D eigenvalue weighted by Crippen LogP contribution is 2.37. The topological polar surface area (TPSA) is 114 Å². The Hall–Kier alpha value is -2.09. The molecule has 18 heavy (non-hydrogen) atoms. The van der Waals surface area contributed by atoms with Crippen molar-refractivity contribution in [2.24, 2.45) is 4.99 Å². The molecule has 1 aliphatic heterocycles. The summed E-state index contributed by atoms with van der Waals surface area (Å²) in [6, 6.07) is 1.71. The predicted molar refractivity (Wildman–Crippen MR) is 68.4 cm³/mol. The second kappa shape index (κ2) is 5.05. The van der Waals surface area contributed by atoms with Crippen molar-refractivity contribution < 1.29 is 20.1 Å². The fraction of sp³-hybridized carbons (Fsp3) is 0.200. The van der Waals surface area contributed by atoms with E-state index in [4.69, 9.17) is 5.11 Å². The fourth-order valence-electron chi connectivity index (χ4n) is 1.35. The normalized spacial score (nSPS) is 14.1. The third-order valence-electron chi connectivity index (χ3n) is 2.13. The zero-order valence-corrected chi connectivity index (χ0v) is 9.99. The maximum absolute atomic E-state index is 11.5. The van der Waals surface area contributed by atoms with Gasteiger partial charge in [-0.1, -0.05) is 11.8 Å². The summed E-state index contributed by atoms with van der Waals surface area (Å²) in [5.74, 6) is -0.830. The van der Waals surface area contributed by atoms with Gasteiger partial charge in [-0.05, 0) is 0 Å². The number of amidine groups is 1. The van der Waals surface area contributed by atoms with E-state index in [0.717, 1.165) is 17.9 Å². The second-order valence-electron chi connectivity index (χ2n) is 3.48. The van der Waals surface area contributed by atoms with E-state index in [0.29, 0.717) is 11.7 Å². The average molecular weight is 269 g/mol. The van der Waals surface area contributed by atoms with Gasteiger partial charge in [-0.2, -0.15) is 0 Å². The molecular formula is C10H11N3O4S. The van der Waals surface area contributed by atoms with Gasteiger partial charge in [0.2, 0.25) is 0 Å². The van der Waals surface area contributed by atoms with E-state index in [1.807, 2.05) is 0 Å². The number of nitrogens with zero attached hydrogens (tertiary/aromatic N) is 1. The van der Waals surface area contributed by atoms with Crippen LogP contribution < -0.4 is 10.6 Å². The van der Waals surface area contributed by atoms with E-state index in [1.54, 1.807) is 0 Å². The number of hydrogen-bond donors (Lipinski definition) is 5. The molecule has 0 saturated heterocycles. The van der Waals surface area contributed by atoms with Crippen LogP contribution in [0.1, 0.15) is 0 Å². The number of benzene rings is 1. The van der Waals surface area contributed by atoms with Gasteiger partial charge in [-0.3, -0.25) is 10.3 Å². The Kier molecular flexibility index (Phi) is 3.47. The van der Waals surface area contributed by atoms with Crippen LogP contribution >= 0.6 is 11.8 Å². The zero-order chi connectivity index (χ0) is 13.1. The number of aliphatic imine (C=N–C) groups is 1. The van der Waals surface area contributed by atoms with Crippen LogP contribution in [0.25, 0.3) is 0 Å². The molecule has 2 amide bonds. The van der Waals surface area contributed by atoms with Crippen molar-refractivity contribution in [3.63, 3.8) is 0 Å². The van der Waals surface area contributed by atoms with Gasteiger partial charge in [0.15, 0.2) is 22.4 Å². The predicted octanol–water partition coefficient (Wildman–Crippen LogP) is 1.03. The maximum atomic E-state index is 11.5. The summed E-state index contributed by atoms with van der Waals surface area (Å²) in [5, 5.41) is 33.1. The highest BCUT2D eigenvalue weighted by Gasteiger charge is 2.13. The smallest absolute Gasteiger partial charge is 0.325 e. The first-order valence-electron chi connectivity index (χ1n) is 5.06. The van der Waals surface area contributed by atoms with E-state index in [-0.39, 0.29) is 5.69 Å². The average Bonchev–Trinajstić information content (AvgIpc) is 2.78. The molecule has 0 radical (unpaired) electrons. The summed E-state index contributed by atoms with van der Waals surface area (Å²) >= 11 is 1.43. The van der Waals surface area contributed by atoms with Crippen molar-refractivity contribution in [3.8, 4) is 17.2 Å². The molecule has 0 aromatic heterocycles. The Balaban J connectivity index is 2.02. The standard InChI is InChI=1S/C10H11N3O4S/c14-6-3-5(4-7(15)8(6)16)12-9(17)13-10-11-1-2-18-10/h3-4,14-16H,1-2H2,(H2,11,12,13,17). The van der Waals surface area contributed by atoms with Gasteiger partial charge in [-0.25, -0.2) is 4.79 Å². The summed E-state index contributed by atoms with van der Waals surface area (Å²) in [5.41, 5.74) is 0.156. The molecule has 0 fully saturated rings. The highest BCUT2D eigenvalue weighted by molar-refractivity contribution is 8.14. The number of urea groups is 1. The summed E-state index contributed by atoms with van der Waals surface area (Å²) in [7, 11) is 0. The summed E-state index contributed by atoms with van der Waals surface area (Å²) in [6.07, 6.45) is 0. The maximum Gasteiger partial charge on any atom is 0.325 e. The quantitative estimate of drug-likeness (QED) is 0.386. The monoisotopic (exact) mass is 269 g/mol. The molecule has 2 rings (SSSR count). The summed E-state index contributed by atoms with van der Waals surface area (Å²) in [6.45, 7) is 0.668. The molecule has 1 aliphatic rings. The lowest BCUT2D eigenvalue weighted by Gasteiger charge is -2.08. The van der Waals surface area contributed by atoms with Crippen LogP contribution in [0.4, 0.5) is 10.5 Å². The van der Waals surface area contributed by atoms with E-state index in [1.165, 1.54) is 11.8 Å². The van der Waals surface area contributed by atoms with Crippen LogP contribution in [0.5, 0.6) is 17.2 Å². The van der Waals surface area contributed by atoms with Crippen LogP contribution in [0.3, 0.4) is 0 Å². The summed E-state index contributed by atoms with van der Waals surface area (Å²) < 4.78 is 0. The number of anilines is 1. The summed E-state index contributed by atoms with van der Waals surface area (Å²) in [4.78, 5) is 15.6. The molecule has 0 aliphatic carbocycles. The number of phenolic OH excluding ortho intramolecular Hbond substituents is 3. The molecule has 5 N–H and O–H groups in total. The molecule has 1 aromatic rings. The zero-order valence-electron chi connectivity index (χ0n) is 9.17. The van der Waals surface area contributed by atoms with Gasteiger partial charge < -0.3 is 20.6 Å². The van der Waals surface area contributed by atoms with Crippen LogP contribution in [-0.2, 0) is 0 Å². The largest absolute Gasteiger partial charge is 0.504 e. The minimum atomic E-state index is -0.628. The lowest BCUT2D eigenvalue weighted by molar-refractivity contribution is 0.256. The van der Waals surface area contributed by atoms with E-state index >= 15 is 0 Å². The Morgan fingerprint density at radius 2 is 1.89 bits per heavy atom. The molecular weight excluding hydrogens is 258 g/mol. The molecule has 0 spiro atoms. The van der Waals surface area contributed by atoms with Crippen molar-refractivity contribution in [2.45, 2.75) is 0 Å². The third-order valence-corrected chi connectivity index (χ3v) is 3.02. The fourth-order valence-corrected chi connectivity index (χ4v) is 2.07. The Labute approximate surface area is 107 Å². The minimum Gasteiger partial charge on any atom is -0.504 e. The number of carbonyl (C=O) groups excluding carboxylic acids is 1. The Morgan fingerprint density at radius 3 is 2.44 bits per heavy atom. The van der Waals surface area contributed by atoms with Crippen molar-refractivity contribution in [1.82, 2.24) is 5.32 Å². The molecule has 0 unspecified atom stereocenters. The van der Waals surface area contributed by atoms with E-state index < -0.39 is 23.3 Å². The van der Waals surface area contributed by atoms with Crippen molar-refractivity contribution in [2.75, 3.05) is 17.6 Å². The molecule has 1 heterocycles. The van der Waals surface area contributed by atoms with Gasteiger partial charge in [-0.15, -0.1) is 0 Å². The number of carbonyl (C=O) groups is 1. The molecule has 8 heteroatoms. The van der Waals surface area contributed by atoms with E-state index in [9.17, 15) is 15.0 Å². The Morgan fingerprint density at radius 1 is 1.22 bits per heavy atom. The first-order chi connectivity index (χ1) is 8.56. The number of nitrogens with one attached hydrogen (secondary N) is 2. The van der Waals surface area contributed by atoms with Gasteiger partial charge in [0.1, 0.15) is 0 Å². The lowest BCUT2D eigenvalue weighted by Crippen LogP contribution is -2.31. The number of hydrogen-bond acceptors (Lipinski definition) is 6. The Bertz CT molecular complexity index is 495. The molecule has 0 bridgehead atoms. The van der Waals surface area contributed by atoms with Gasteiger partial charge in [0.05, 0.1) is 12.2 Å². The molecule has 0 saturated carbocycles. The van der Waals surface area contributed by atoms with Crippen LogP contribution in [0.2, 0.25) is 0 Å². The van der Waals surface area contributed by atoms with Gasteiger partial charge >= 0.3 is 6.03 Å². The lowest BCUT2D eigenvalue weighted by atomic mass is 10.2. The molecule has 7 nitrogen and oxygen atoms in total. The number of amides is 2. The number of thioether (sulfide) groups is 1. The number of rotatable bonds is 1. The first kappa shape index (κ1) is 12.4. The van der Waals surface area contributed by atoms with Crippen LogP contribution in [0, 0.1) is 0 Å². The first-order valence-corrected chi connectivity index (χ1v) is 6.05. The third kappa shape index (κ3) is 2.77. The van der Waals surface area contributed by atoms with Crippen LogP contribution in [0.15, 0.2) is 17.1 Å². The van der Waals surface area contributed by atoms with E-state index in [2.05, 4.69) is 15.6 Å². The van der Waals surface area contributed by atoms with Crippen molar-refractivity contribution >= 4 is 28.6 Å². The minimum absolute atomic E-state index is 0.156. The number of phenols is 3. The SMILES string of the molecule is O=C(NC1=NCCS1)Nc1cc(O)c(O)c(O)c1. The molecule has 0 atom stereocenters. The van der Waals surface area contributed by atoms with Gasteiger partial charge in [0, 0.05) is 17.9 Å². The number of aromatic hydroxyl groups is 3. The second-order valence-corrected chi connectivity index (χ2v) is 4.56. The molecule has 1 aromatic carbocycles. The molecule has 96 valence electrons. The van der Waals surface area contributed by atoms with Crippen molar-refractivity contribution in [1.29, 1.82) is 0 Å². The van der Waals surface area contributed by atoms with Gasteiger partial charge in [0.25, 0.3) is 0 Å². The van der Waals surface area contributed by atoms with Crippen molar-refractivity contribution in [3.05, 3.63) is 12.1 Å².